The van der Waals surface area contributed by atoms with Crippen LogP contribution in [0.1, 0.15) is 23.8 Å². The number of hydrogen-bond acceptors (Lipinski definition) is 4. The zero-order chi connectivity index (χ0) is 15.9. The fourth-order valence-corrected chi connectivity index (χ4v) is 2.72. The van der Waals surface area contributed by atoms with Gasteiger partial charge >= 0.3 is 5.97 Å². The van der Waals surface area contributed by atoms with Gasteiger partial charge in [-0.3, -0.25) is 0 Å². The molecule has 7 nitrogen and oxygen atoms in total. The summed E-state index contributed by atoms with van der Waals surface area (Å²) in [6, 6.07) is 1.15. The maximum absolute atomic E-state index is 12.0. The first-order valence-electron chi connectivity index (χ1n) is 6.54. The van der Waals surface area contributed by atoms with E-state index in [0.717, 1.165) is 6.07 Å². The van der Waals surface area contributed by atoms with Gasteiger partial charge in [-0.1, -0.05) is 6.08 Å². The maximum Gasteiger partial charge on any atom is 0.352 e. The third kappa shape index (κ3) is 5.00. The number of nitrogens with zero attached hydrogens (tertiary/aromatic N) is 1. The fourth-order valence-electron chi connectivity index (χ4n) is 1.67. The predicted octanol–water partition coefficient (Wildman–Crippen LogP) is 1.08. The van der Waals surface area contributed by atoms with E-state index in [1.165, 1.54) is 10.8 Å². The third-order valence-corrected chi connectivity index (χ3v) is 4.17. The van der Waals surface area contributed by atoms with Crippen molar-refractivity contribution >= 4 is 16.0 Å². The van der Waals surface area contributed by atoms with Crippen LogP contribution in [-0.2, 0) is 21.3 Å². The smallest absolute Gasteiger partial charge is 0.352 e. The number of sulfonamides is 1. The quantitative estimate of drug-likeness (QED) is 0.497. The summed E-state index contributed by atoms with van der Waals surface area (Å²) in [5.41, 5.74) is -0.0555. The molecule has 8 heteroatoms. The normalized spacial score (nSPS) is 11.5. The summed E-state index contributed by atoms with van der Waals surface area (Å²) in [7, 11) is -3.73. The molecule has 0 spiro atoms. The predicted molar refractivity (Wildman–Crippen MR) is 77.9 cm³/mol. The van der Waals surface area contributed by atoms with Crippen molar-refractivity contribution < 1.29 is 23.1 Å². The molecule has 0 fully saturated rings. The van der Waals surface area contributed by atoms with Crippen molar-refractivity contribution in [2.24, 2.45) is 0 Å². The third-order valence-electron chi connectivity index (χ3n) is 2.75. The van der Waals surface area contributed by atoms with Gasteiger partial charge in [0.2, 0.25) is 10.0 Å². The molecule has 0 bridgehead atoms. The van der Waals surface area contributed by atoms with E-state index in [0.29, 0.717) is 19.6 Å². The lowest BCUT2D eigenvalue weighted by molar-refractivity contribution is 0.0685. The van der Waals surface area contributed by atoms with Crippen molar-refractivity contribution in [1.29, 1.82) is 0 Å². The lowest BCUT2D eigenvalue weighted by Gasteiger charge is -2.05. The Bertz CT molecular complexity index is 592. The number of rotatable bonds is 10. The molecule has 0 unspecified atom stereocenters. The van der Waals surface area contributed by atoms with Crippen molar-refractivity contribution in [2.45, 2.75) is 24.8 Å². The summed E-state index contributed by atoms with van der Waals surface area (Å²) in [6.45, 7) is 6.52. The van der Waals surface area contributed by atoms with Gasteiger partial charge in [-0.15, -0.1) is 6.58 Å². The van der Waals surface area contributed by atoms with Crippen LogP contribution in [0.5, 0.6) is 0 Å². The Balaban J connectivity index is 2.66. The lowest BCUT2D eigenvalue weighted by Crippen LogP contribution is -2.27. The number of ether oxygens (including phenoxy) is 1. The highest BCUT2D eigenvalue weighted by molar-refractivity contribution is 7.89. The molecule has 0 atom stereocenters. The van der Waals surface area contributed by atoms with Crippen LogP contribution in [0.15, 0.2) is 29.8 Å². The molecule has 0 aliphatic heterocycles. The summed E-state index contributed by atoms with van der Waals surface area (Å²) < 4.78 is 33.0. The second-order valence-corrected chi connectivity index (χ2v) is 6.01. The van der Waals surface area contributed by atoms with E-state index in [9.17, 15) is 13.2 Å². The Hall–Kier alpha value is -1.64. The molecule has 1 heterocycles. The molecule has 0 radical (unpaired) electrons. The van der Waals surface area contributed by atoms with Crippen LogP contribution in [0.2, 0.25) is 0 Å². The van der Waals surface area contributed by atoms with Crippen LogP contribution >= 0.6 is 0 Å². The molecule has 0 saturated heterocycles. The number of carboxylic acid groups (broad SMARTS) is 1. The zero-order valence-electron chi connectivity index (χ0n) is 11.9. The highest BCUT2D eigenvalue weighted by Gasteiger charge is 2.20. The Morgan fingerprint density at radius 3 is 2.76 bits per heavy atom. The number of aromatic nitrogens is 1. The lowest BCUT2D eigenvalue weighted by atomic mass is 10.4. The summed E-state index contributed by atoms with van der Waals surface area (Å²) in [5, 5.41) is 9.01. The molecule has 0 aromatic carbocycles. The van der Waals surface area contributed by atoms with E-state index in [4.69, 9.17) is 9.84 Å². The van der Waals surface area contributed by atoms with Crippen LogP contribution in [0.4, 0.5) is 0 Å². The molecular formula is C13H20N2O5S. The number of hydrogen-bond donors (Lipinski definition) is 2. The van der Waals surface area contributed by atoms with Gasteiger partial charge in [-0.2, -0.15) is 0 Å². The van der Waals surface area contributed by atoms with E-state index in [1.807, 2.05) is 0 Å². The molecule has 1 aromatic rings. The summed E-state index contributed by atoms with van der Waals surface area (Å²) in [4.78, 5) is 11.0. The Kier molecular flexibility index (Phi) is 6.60. The monoisotopic (exact) mass is 316 g/mol. The van der Waals surface area contributed by atoms with Crippen molar-refractivity contribution in [3.05, 3.63) is 30.6 Å². The van der Waals surface area contributed by atoms with Crippen molar-refractivity contribution in [1.82, 2.24) is 9.29 Å². The van der Waals surface area contributed by atoms with Crippen molar-refractivity contribution in [2.75, 3.05) is 19.8 Å². The molecule has 0 saturated carbocycles. The first-order valence-corrected chi connectivity index (χ1v) is 8.02. The average Bonchev–Trinajstić information content (AvgIpc) is 2.88. The van der Waals surface area contributed by atoms with Gasteiger partial charge in [-0.05, 0) is 19.4 Å². The molecule has 21 heavy (non-hydrogen) atoms. The van der Waals surface area contributed by atoms with Gasteiger partial charge in [0.25, 0.3) is 0 Å². The van der Waals surface area contributed by atoms with Gasteiger partial charge in [0.1, 0.15) is 10.6 Å². The molecule has 1 rings (SSSR count). The van der Waals surface area contributed by atoms with Gasteiger partial charge in [0, 0.05) is 19.3 Å². The van der Waals surface area contributed by atoms with Gasteiger partial charge < -0.3 is 14.4 Å². The molecule has 1 aromatic heterocycles. The Morgan fingerprint density at radius 1 is 1.52 bits per heavy atom. The summed E-state index contributed by atoms with van der Waals surface area (Å²) in [6.07, 6.45) is 3.73. The number of aryl methyl sites for hydroxylation is 1. The largest absolute Gasteiger partial charge is 0.477 e. The first-order chi connectivity index (χ1) is 9.92. The zero-order valence-corrected chi connectivity index (χ0v) is 12.7. The molecule has 2 N–H and O–H groups in total. The second-order valence-electron chi connectivity index (χ2n) is 4.24. The van der Waals surface area contributed by atoms with Gasteiger partial charge in [0.15, 0.2) is 0 Å². The minimum Gasteiger partial charge on any atom is -0.477 e. The number of carbonyl (C=O) groups is 1. The Labute approximate surface area is 124 Å². The SMILES string of the molecule is C=CCCOCCNS(=O)(=O)c1cc(C(=O)O)n(CC)c1. The van der Waals surface area contributed by atoms with Gasteiger partial charge in [0.05, 0.1) is 13.2 Å². The van der Waals surface area contributed by atoms with Crippen LogP contribution in [0, 0.1) is 0 Å². The minimum atomic E-state index is -3.73. The number of nitrogens with one attached hydrogen (secondary N) is 1. The molecule has 118 valence electrons. The van der Waals surface area contributed by atoms with Crippen molar-refractivity contribution in [3.8, 4) is 0 Å². The first kappa shape index (κ1) is 17.4. The number of aromatic carboxylic acids is 1. The standard InChI is InChI=1S/C13H20N2O5S/c1-3-5-7-20-8-6-14-21(18,19)11-9-12(13(16)17)15(4-2)10-11/h3,9-10,14H,1,4-8H2,2H3,(H,16,17). The second kappa shape index (κ2) is 7.96. The fraction of sp³-hybridized carbons (Fsp3) is 0.462. The molecular weight excluding hydrogens is 296 g/mol. The highest BCUT2D eigenvalue weighted by atomic mass is 32.2. The van der Waals surface area contributed by atoms with Crippen LogP contribution in [0.25, 0.3) is 0 Å². The van der Waals surface area contributed by atoms with Crippen LogP contribution in [-0.4, -0.2) is 43.8 Å². The van der Waals surface area contributed by atoms with Crippen molar-refractivity contribution in [3.63, 3.8) is 0 Å². The number of carboxylic acids is 1. The minimum absolute atomic E-state index is 0.0555. The van der Waals surface area contributed by atoms with E-state index in [-0.39, 0.29) is 23.7 Å². The molecule has 0 amide bonds. The summed E-state index contributed by atoms with van der Waals surface area (Å²) in [5.74, 6) is -1.16. The average molecular weight is 316 g/mol. The van der Waals surface area contributed by atoms with E-state index < -0.39 is 16.0 Å². The van der Waals surface area contributed by atoms with Crippen LogP contribution in [0.3, 0.4) is 0 Å². The molecule has 0 aliphatic carbocycles. The van der Waals surface area contributed by atoms with Gasteiger partial charge in [-0.25, -0.2) is 17.9 Å². The van der Waals surface area contributed by atoms with E-state index >= 15 is 0 Å². The summed E-state index contributed by atoms with van der Waals surface area (Å²) >= 11 is 0. The van der Waals surface area contributed by atoms with E-state index in [2.05, 4.69) is 11.3 Å². The molecule has 0 aliphatic rings. The van der Waals surface area contributed by atoms with Crippen LogP contribution < -0.4 is 4.72 Å². The van der Waals surface area contributed by atoms with E-state index in [1.54, 1.807) is 13.0 Å². The Morgan fingerprint density at radius 2 is 2.24 bits per heavy atom. The topological polar surface area (TPSA) is 97.6 Å². The maximum atomic E-state index is 12.0. The highest BCUT2D eigenvalue weighted by Crippen LogP contribution is 2.14.